The molecule has 0 aromatic heterocycles. The van der Waals surface area contributed by atoms with Crippen LogP contribution in [0.3, 0.4) is 0 Å². The van der Waals surface area contributed by atoms with Gasteiger partial charge in [0.2, 0.25) is 0 Å². The van der Waals surface area contributed by atoms with E-state index in [9.17, 15) is 14.7 Å². The molecule has 2 aromatic rings. The Morgan fingerprint density at radius 1 is 1.10 bits per heavy atom. The summed E-state index contributed by atoms with van der Waals surface area (Å²) >= 11 is 0. The third-order valence-corrected chi connectivity index (χ3v) is 6.21. The van der Waals surface area contributed by atoms with Crippen molar-refractivity contribution in [2.75, 3.05) is 13.2 Å². The molecule has 0 bridgehead atoms. The van der Waals surface area contributed by atoms with E-state index in [1.54, 1.807) is 17.0 Å². The van der Waals surface area contributed by atoms with E-state index in [1.165, 1.54) is 5.56 Å². The zero-order valence-corrected chi connectivity index (χ0v) is 18.3. The van der Waals surface area contributed by atoms with Crippen LogP contribution in [0.25, 0.3) is 5.76 Å². The summed E-state index contributed by atoms with van der Waals surface area (Å²) in [5.74, 6) is -0.984. The van der Waals surface area contributed by atoms with Gasteiger partial charge >= 0.3 is 0 Å². The average molecular weight is 420 g/mol. The largest absolute Gasteiger partial charge is 0.507 e. The summed E-state index contributed by atoms with van der Waals surface area (Å²) in [6.45, 7) is 7.21. The van der Waals surface area contributed by atoms with Crippen LogP contribution in [0.1, 0.15) is 60.9 Å². The predicted octanol–water partition coefficient (Wildman–Crippen LogP) is 4.72. The first-order chi connectivity index (χ1) is 14.9. The van der Waals surface area contributed by atoms with Gasteiger partial charge in [-0.15, -0.1) is 0 Å². The van der Waals surface area contributed by atoms with Gasteiger partial charge in [-0.1, -0.05) is 67.9 Å². The second kappa shape index (κ2) is 8.67. The number of aryl methyl sites for hydroxylation is 1. The van der Waals surface area contributed by atoms with Gasteiger partial charge in [0.1, 0.15) is 5.76 Å². The van der Waals surface area contributed by atoms with Crippen molar-refractivity contribution in [2.45, 2.75) is 51.7 Å². The maximum atomic E-state index is 13.1. The van der Waals surface area contributed by atoms with E-state index >= 15 is 0 Å². The first-order valence-corrected chi connectivity index (χ1v) is 10.9. The van der Waals surface area contributed by atoms with Crippen molar-refractivity contribution in [3.8, 4) is 0 Å². The molecule has 5 heteroatoms. The SMILES string of the molecule is Cc1ccc(/C(O)=C2/C(=O)C(=O)N(CC3CCCO3)C2c2ccc(C(C)C)cc2)cc1. The molecule has 2 aromatic carbocycles. The van der Waals surface area contributed by atoms with Gasteiger partial charge in [-0.05, 0) is 36.8 Å². The Morgan fingerprint density at radius 3 is 2.35 bits per heavy atom. The lowest BCUT2D eigenvalue weighted by molar-refractivity contribution is -0.140. The first kappa shape index (κ1) is 21.3. The number of benzene rings is 2. The predicted molar refractivity (Wildman–Crippen MR) is 120 cm³/mol. The van der Waals surface area contributed by atoms with Crippen LogP contribution in [0.2, 0.25) is 0 Å². The van der Waals surface area contributed by atoms with E-state index < -0.39 is 17.7 Å². The fourth-order valence-electron chi connectivity index (χ4n) is 4.35. The van der Waals surface area contributed by atoms with Crippen LogP contribution >= 0.6 is 0 Å². The summed E-state index contributed by atoms with van der Waals surface area (Å²) in [5.41, 5.74) is 3.72. The summed E-state index contributed by atoms with van der Waals surface area (Å²) < 4.78 is 5.74. The second-order valence-electron chi connectivity index (χ2n) is 8.77. The highest BCUT2D eigenvalue weighted by Gasteiger charge is 2.47. The molecule has 2 aliphatic rings. The summed E-state index contributed by atoms with van der Waals surface area (Å²) in [6, 6.07) is 14.6. The minimum atomic E-state index is -0.644. The zero-order chi connectivity index (χ0) is 22.1. The molecule has 2 heterocycles. The fourth-order valence-corrected chi connectivity index (χ4v) is 4.35. The molecule has 5 nitrogen and oxygen atoms in total. The van der Waals surface area contributed by atoms with Crippen molar-refractivity contribution in [1.82, 2.24) is 4.90 Å². The number of ketones is 1. The fraction of sp³-hybridized carbons (Fsp3) is 0.385. The van der Waals surface area contributed by atoms with Gasteiger partial charge in [-0.2, -0.15) is 0 Å². The molecular formula is C26H29NO4. The van der Waals surface area contributed by atoms with Gasteiger partial charge in [0.25, 0.3) is 11.7 Å². The highest BCUT2D eigenvalue weighted by atomic mass is 16.5. The van der Waals surface area contributed by atoms with Crippen LogP contribution in [-0.4, -0.2) is 41.0 Å². The third-order valence-electron chi connectivity index (χ3n) is 6.21. The lowest BCUT2D eigenvalue weighted by atomic mass is 9.93. The van der Waals surface area contributed by atoms with Crippen LogP contribution in [0.15, 0.2) is 54.1 Å². The van der Waals surface area contributed by atoms with Crippen molar-refractivity contribution < 1.29 is 19.4 Å². The quantitative estimate of drug-likeness (QED) is 0.433. The minimum Gasteiger partial charge on any atom is -0.507 e. The Kier molecular flexibility index (Phi) is 5.96. The van der Waals surface area contributed by atoms with E-state index in [0.717, 1.165) is 24.0 Å². The normalized spacial score (nSPS) is 23.2. The molecule has 2 saturated heterocycles. The number of Topliss-reactive ketones (excluding diaryl/α,β-unsaturated/α-hetero) is 1. The number of aliphatic hydroxyl groups is 1. The number of rotatable bonds is 5. The van der Waals surface area contributed by atoms with Crippen molar-refractivity contribution in [3.63, 3.8) is 0 Å². The van der Waals surface area contributed by atoms with Crippen LogP contribution in [0.5, 0.6) is 0 Å². The minimum absolute atomic E-state index is 0.0879. The van der Waals surface area contributed by atoms with E-state index in [-0.39, 0.29) is 17.4 Å². The molecule has 1 N–H and O–H groups in total. The lowest BCUT2D eigenvalue weighted by Crippen LogP contribution is -2.36. The number of likely N-dealkylation sites (tertiary alicyclic amines) is 1. The Labute approximate surface area is 183 Å². The monoisotopic (exact) mass is 419 g/mol. The zero-order valence-electron chi connectivity index (χ0n) is 18.3. The molecule has 0 saturated carbocycles. The van der Waals surface area contributed by atoms with Gasteiger partial charge in [0.05, 0.1) is 17.7 Å². The van der Waals surface area contributed by atoms with E-state index in [4.69, 9.17) is 4.74 Å². The molecule has 0 aliphatic carbocycles. The van der Waals surface area contributed by atoms with Crippen molar-refractivity contribution in [3.05, 3.63) is 76.4 Å². The highest BCUT2D eigenvalue weighted by Crippen LogP contribution is 2.40. The number of hydrogen-bond acceptors (Lipinski definition) is 4. The molecule has 2 fully saturated rings. The number of hydrogen-bond donors (Lipinski definition) is 1. The Balaban J connectivity index is 1.80. The molecule has 162 valence electrons. The van der Waals surface area contributed by atoms with Gasteiger partial charge in [0.15, 0.2) is 0 Å². The molecular weight excluding hydrogens is 390 g/mol. The molecule has 2 unspecified atom stereocenters. The number of aliphatic hydroxyl groups excluding tert-OH is 1. The lowest BCUT2D eigenvalue weighted by Gasteiger charge is -2.27. The Morgan fingerprint density at radius 2 is 1.77 bits per heavy atom. The number of carbonyl (C=O) groups is 2. The molecule has 0 spiro atoms. The standard InChI is InChI=1S/C26H29NO4/c1-16(2)18-10-12-19(13-11-18)23-22(24(28)20-8-6-17(3)7-9-20)25(29)26(30)27(23)15-21-5-4-14-31-21/h6-13,16,21,23,28H,4-5,14-15H2,1-3H3/b24-22-. The third kappa shape index (κ3) is 4.15. The maximum absolute atomic E-state index is 13.1. The Hall–Kier alpha value is -2.92. The smallest absolute Gasteiger partial charge is 0.295 e. The number of carbonyl (C=O) groups excluding carboxylic acids is 2. The molecule has 1 amide bonds. The number of nitrogens with zero attached hydrogens (tertiary/aromatic N) is 1. The van der Waals surface area contributed by atoms with Crippen molar-refractivity contribution in [1.29, 1.82) is 0 Å². The molecule has 0 radical (unpaired) electrons. The summed E-state index contributed by atoms with van der Waals surface area (Å²) in [5, 5.41) is 11.1. The van der Waals surface area contributed by atoms with E-state index in [1.807, 2.05) is 43.3 Å². The van der Waals surface area contributed by atoms with Gasteiger partial charge < -0.3 is 14.7 Å². The number of ether oxygens (including phenoxy) is 1. The average Bonchev–Trinajstić information content (AvgIpc) is 3.36. The summed E-state index contributed by atoms with van der Waals surface area (Å²) in [6.07, 6.45) is 1.72. The molecule has 31 heavy (non-hydrogen) atoms. The second-order valence-corrected chi connectivity index (χ2v) is 8.77. The molecule has 4 rings (SSSR count). The van der Waals surface area contributed by atoms with Crippen LogP contribution in [0.4, 0.5) is 0 Å². The van der Waals surface area contributed by atoms with E-state index in [0.29, 0.717) is 24.6 Å². The van der Waals surface area contributed by atoms with E-state index in [2.05, 4.69) is 13.8 Å². The maximum Gasteiger partial charge on any atom is 0.295 e. The van der Waals surface area contributed by atoms with Gasteiger partial charge in [-0.25, -0.2) is 0 Å². The summed E-state index contributed by atoms with van der Waals surface area (Å²) in [7, 11) is 0. The summed E-state index contributed by atoms with van der Waals surface area (Å²) in [4.78, 5) is 27.7. The molecule has 2 atom stereocenters. The molecule has 2 aliphatic heterocycles. The van der Waals surface area contributed by atoms with Crippen molar-refractivity contribution in [2.24, 2.45) is 0 Å². The van der Waals surface area contributed by atoms with Crippen molar-refractivity contribution >= 4 is 17.4 Å². The van der Waals surface area contributed by atoms with Crippen LogP contribution < -0.4 is 0 Å². The Bertz CT molecular complexity index is 999. The number of amides is 1. The topological polar surface area (TPSA) is 66.8 Å². The highest BCUT2D eigenvalue weighted by molar-refractivity contribution is 6.46. The van der Waals surface area contributed by atoms with Crippen LogP contribution in [-0.2, 0) is 14.3 Å². The van der Waals surface area contributed by atoms with Gasteiger partial charge in [-0.3, -0.25) is 9.59 Å². The van der Waals surface area contributed by atoms with Crippen LogP contribution in [0, 0.1) is 6.92 Å². The van der Waals surface area contributed by atoms with Gasteiger partial charge in [0, 0.05) is 18.7 Å². The first-order valence-electron chi connectivity index (χ1n) is 10.9.